The zero-order chi connectivity index (χ0) is 23.2. The number of hydrogen-bond acceptors (Lipinski definition) is 3. The van der Waals surface area contributed by atoms with E-state index in [1.165, 1.54) is 0 Å². The average molecular weight is 443 g/mol. The summed E-state index contributed by atoms with van der Waals surface area (Å²) in [5, 5.41) is 3.05. The van der Waals surface area contributed by atoms with E-state index >= 15 is 0 Å². The molecule has 33 heavy (non-hydrogen) atoms. The number of carbonyl (C=O) groups is 2. The maximum absolute atomic E-state index is 12.9. The number of benzene rings is 3. The number of likely N-dealkylation sites (tertiary alicyclic amines) is 1. The van der Waals surface area contributed by atoms with Gasteiger partial charge in [0.2, 0.25) is 0 Å². The van der Waals surface area contributed by atoms with Crippen LogP contribution in [-0.2, 0) is 4.79 Å². The Bertz CT molecular complexity index is 1100. The second-order valence-electron chi connectivity index (χ2n) is 8.56. The van der Waals surface area contributed by atoms with E-state index in [2.05, 4.69) is 17.4 Å². The number of piperidine rings is 1. The standard InChI is InChI=1S/C28H30N2O3/c1-20-7-6-10-26(21(20)2)33-19-27(31)29-25-15-17-30(18-16-25)28(32)24-13-11-23(12-14-24)22-8-4-3-5-9-22/h3-14,25H,15-19H2,1-2H3,(H,29,31). The largest absolute Gasteiger partial charge is 0.483 e. The third-order valence-corrected chi connectivity index (χ3v) is 6.30. The molecule has 1 fully saturated rings. The zero-order valence-corrected chi connectivity index (χ0v) is 19.2. The topological polar surface area (TPSA) is 58.6 Å². The Kier molecular flexibility index (Phi) is 7.08. The maximum Gasteiger partial charge on any atom is 0.258 e. The van der Waals surface area contributed by atoms with Gasteiger partial charge in [-0.2, -0.15) is 0 Å². The van der Waals surface area contributed by atoms with E-state index in [4.69, 9.17) is 4.74 Å². The van der Waals surface area contributed by atoms with Gasteiger partial charge < -0.3 is 15.0 Å². The number of rotatable bonds is 6. The van der Waals surface area contributed by atoms with Crippen molar-refractivity contribution >= 4 is 11.8 Å². The molecule has 0 radical (unpaired) electrons. The van der Waals surface area contributed by atoms with E-state index < -0.39 is 0 Å². The molecule has 2 amide bonds. The maximum atomic E-state index is 12.9. The fourth-order valence-corrected chi connectivity index (χ4v) is 4.14. The molecule has 3 aromatic carbocycles. The minimum atomic E-state index is -0.128. The molecule has 5 heteroatoms. The van der Waals surface area contributed by atoms with Gasteiger partial charge in [-0.05, 0) is 67.1 Å². The van der Waals surface area contributed by atoms with Crippen molar-refractivity contribution in [3.63, 3.8) is 0 Å². The molecule has 170 valence electrons. The summed E-state index contributed by atoms with van der Waals surface area (Å²) in [5.41, 5.74) is 5.11. The third-order valence-electron chi connectivity index (χ3n) is 6.30. The molecule has 0 unspecified atom stereocenters. The molecular formula is C28H30N2O3. The minimum absolute atomic E-state index is 0.00278. The van der Waals surface area contributed by atoms with Crippen LogP contribution >= 0.6 is 0 Å². The molecule has 1 heterocycles. The molecule has 0 bridgehead atoms. The normalized spacial score (nSPS) is 14.1. The van der Waals surface area contributed by atoms with Gasteiger partial charge in [0.25, 0.3) is 11.8 Å². The molecule has 0 aromatic heterocycles. The van der Waals surface area contributed by atoms with E-state index in [1.54, 1.807) is 0 Å². The lowest BCUT2D eigenvalue weighted by Gasteiger charge is -2.32. The fourth-order valence-electron chi connectivity index (χ4n) is 4.14. The van der Waals surface area contributed by atoms with Crippen LogP contribution in [0.5, 0.6) is 5.75 Å². The highest BCUT2D eigenvalue weighted by Crippen LogP contribution is 2.22. The van der Waals surface area contributed by atoms with Gasteiger partial charge in [0, 0.05) is 24.7 Å². The third kappa shape index (κ3) is 5.61. The molecule has 0 saturated carbocycles. The molecule has 0 spiro atoms. The highest BCUT2D eigenvalue weighted by molar-refractivity contribution is 5.94. The van der Waals surface area contributed by atoms with Crippen LogP contribution in [0.15, 0.2) is 72.8 Å². The van der Waals surface area contributed by atoms with Gasteiger partial charge in [0.1, 0.15) is 5.75 Å². The summed E-state index contributed by atoms with van der Waals surface area (Å²) in [6, 6.07) is 23.8. The quantitative estimate of drug-likeness (QED) is 0.598. The monoisotopic (exact) mass is 442 g/mol. The fraction of sp³-hybridized carbons (Fsp3) is 0.286. The van der Waals surface area contributed by atoms with Crippen LogP contribution in [0.2, 0.25) is 0 Å². The molecule has 1 N–H and O–H groups in total. The molecule has 1 aliphatic rings. The number of nitrogens with one attached hydrogen (secondary N) is 1. The first-order valence-corrected chi connectivity index (χ1v) is 11.4. The van der Waals surface area contributed by atoms with Crippen LogP contribution in [0.4, 0.5) is 0 Å². The van der Waals surface area contributed by atoms with Crippen LogP contribution < -0.4 is 10.1 Å². The number of ether oxygens (including phenoxy) is 1. The lowest BCUT2D eigenvalue weighted by Crippen LogP contribution is -2.47. The van der Waals surface area contributed by atoms with Gasteiger partial charge in [0.15, 0.2) is 6.61 Å². The predicted molar refractivity (Wildman–Crippen MR) is 130 cm³/mol. The summed E-state index contributed by atoms with van der Waals surface area (Å²) >= 11 is 0. The number of nitrogens with zero attached hydrogens (tertiary/aromatic N) is 1. The molecule has 5 nitrogen and oxygen atoms in total. The van der Waals surface area contributed by atoms with Crippen LogP contribution in [0, 0.1) is 13.8 Å². The first kappa shape index (κ1) is 22.6. The van der Waals surface area contributed by atoms with Crippen LogP contribution in [0.3, 0.4) is 0 Å². The van der Waals surface area contributed by atoms with Crippen molar-refractivity contribution in [2.75, 3.05) is 19.7 Å². The van der Waals surface area contributed by atoms with Crippen molar-refractivity contribution in [1.29, 1.82) is 0 Å². The Labute approximate surface area is 195 Å². The van der Waals surface area contributed by atoms with E-state index in [1.807, 2.05) is 79.4 Å². The van der Waals surface area contributed by atoms with Crippen LogP contribution in [0.25, 0.3) is 11.1 Å². The molecule has 1 aliphatic heterocycles. The lowest BCUT2D eigenvalue weighted by atomic mass is 10.0. The molecule has 3 aromatic rings. The van der Waals surface area contributed by atoms with Crippen molar-refractivity contribution in [2.45, 2.75) is 32.7 Å². The minimum Gasteiger partial charge on any atom is -0.483 e. The predicted octanol–water partition coefficient (Wildman–Crippen LogP) is 4.77. The van der Waals surface area contributed by atoms with Crippen LogP contribution in [0.1, 0.15) is 34.3 Å². The van der Waals surface area contributed by atoms with Gasteiger partial charge in [-0.25, -0.2) is 0 Å². The summed E-state index contributed by atoms with van der Waals surface area (Å²) in [5.74, 6) is 0.652. The first-order valence-electron chi connectivity index (χ1n) is 11.4. The summed E-state index contributed by atoms with van der Waals surface area (Å²) in [7, 11) is 0. The molecular weight excluding hydrogens is 412 g/mol. The second kappa shape index (κ2) is 10.3. The van der Waals surface area contributed by atoms with Crippen LogP contribution in [-0.4, -0.2) is 42.5 Å². The van der Waals surface area contributed by atoms with Crippen molar-refractivity contribution in [3.8, 4) is 16.9 Å². The van der Waals surface area contributed by atoms with E-state index in [0.29, 0.717) is 18.7 Å². The number of hydrogen-bond donors (Lipinski definition) is 1. The first-order chi connectivity index (χ1) is 16.0. The smallest absolute Gasteiger partial charge is 0.258 e. The van der Waals surface area contributed by atoms with Crippen molar-refractivity contribution in [2.24, 2.45) is 0 Å². The van der Waals surface area contributed by atoms with E-state index in [0.717, 1.165) is 40.8 Å². The van der Waals surface area contributed by atoms with Gasteiger partial charge in [-0.15, -0.1) is 0 Å². The summed E-state index contributed by atoms with van der Waals surface area (Å²) in [6.07, 6.45) is 1.48. The Hall–Kier alpha value is -3.60. The summed E-state index contributed by atoms with van der Waals surface area (Å²) in [4.78, 5) is 27.1. The molecule has 1 saturated heterocycles. The highest BCUT2D eigenvalue weighted by atomic mass is 16.5. The van der Waals surface area contributed by atoms with E-state index in [-0.39, 0.29) is 24.5 Å². The number of carbonyl (C=O) groups excluding carboxylic acids is 2. The van der Waals surface area contributed by atoms with Gasteiger partial charge >= 0.3 is 0 Å². The van der Waals surface area contributed by atoms with Crippen molar-refractivity contribution in [1.82, 2.24) is 10.2 Å². The SMILES string of the molecule is Cc1cccc(OCC(=O)NC2CCN(C(=O)c3ccc(-c4ccccc4)cc3)CC2)c1C. The Morgan fingerprint density at radius 1 is 0.879 bits per heavy atom. The Morgan fingerprint density at radius 2 is 1.55 bits per heavy atom. The number of aryl methyl sites for hydroxylation is 1. The number of amides is 2. The van der Waals surface area contributed by atoms with Gasteiger partial charge in [-0.3, -0.25) is 9.59 Å². The van der Waals surface area contributed by atoms with Crippen molar-refractivity contribution in [3.05, 3.63) is 89.5 Å². The Morgan fingerprint density at radius 3 is 2.24 bits per heavy atom. The Balaban J connectivity index is 1.25. The summed E-state index contributed by atoms with van der Waals surface area (Å²) in [6.45, 7) is 5.26. The van der Waals surface area contributed by atoms with Crippen molar-refractivity contribution < 1.29 is 14.3 Å². The highest BCUT2D eigenvalue weighted by Gasteiger charge is 2.24. The van der Waals surface area contributed by atoms with E-state index in [9.17, 15) is 9.59 Å². The molecule has 0 atom stereocenters. The molecule has 0 aliphatic carbocycles. The lowest BCUT2D eigenvalue weighted by molar-refractivity contribution is -0.124. The average Bonchev–Trinajstić information content (AvgIpc) is 2.85. The van der Waals surface area contributed by atoms with Gasteiger partial charge in [-0.1, -0.05) is 54.6 Å². The summed E-state index contributed by atoms with van der Waals surface area (Å²) < 4.78 is 5.70. The molecule has 4 rings (SSSR count). The zero-order valence-electron chi connectivity index (χ0n) is 19.2. The second-order valence-corrected chi connectivity index (χ2v) is 8.56. The van der Waals surface area contributed by atoms with Gasteiger partial charge in [0.05, 0.1) is 0 Å².